The molecule has 5 rings (SSSR count). The molecule has 2 N–H and O–H groups in total. The van der Waals surface area contributed by atoms with Crippen LogP contribution in [-0.4, -0.2) is 42.9 Å². The van der Waals surface area contributed by atoms with E-state index in [1.54, 1.807) is 11.4 Å². The molecule has 11 heteroatoms. The van der Waals surface area contributed by atoms with E-state index < -0.39 is 0 Å². The Hall–Kier alpha value is -3.18. The maximum atomic E-state index is 12.8. The number of tetrazole rings is 1. The van der Waals surface area contributed by atoms with Crippen LogP contribution in [0, 0.1) is 0 Å². The summed E-state index contributed by atoms with van der Waals surface area (Å²) >= 11 is 7.46. The Kier molecular flexibility index (Phi) is 6.38. The molecule has 8 nitrogen and oxygen atoms in total. The van der Waals surface area contributed by atoms with Crippen LogP contribution in [0.1, 0.15) is 23.0 Å². The second kappa shape index (κ2) is 9.59. The van der Waals surface area contributed by atoms with Crippen LogP contribution in [-0.2, 0) is 0 Å². The van der Waals surface area contributed by atoms with E-state index in [1.165, 1.54) is 11.3 Å². The Balaban J connectivity index is 1.49. The molecular formula is C23H20ClN7OS2. The van der Waals surface area contributed by atoms with Crippen molar-refractivity contribution in [1.29, 1.82) is 0 Å². The van der Waals surface area contributed by atoms with Gasteiger partial charge in [0.1, 0.15) is 4.88 Å². The molecule has 1 atom stereocenters. The number of carbonyl (C=O) groups excluding carboxylic acids is 1. The molecule has 4 aromatic rings. The molecule has 0 fully saturated rings. The lowest BCUT2D eigenvalue weighted by molar-refractivity contribution is 0.101. The van der Waals surface area contributed by atoms with Crippen molar-refractivity contribution in [2.45, 2.75) is 13.3 Å². The number of nitrogens with one attached hydrogen (secondary N) is 2. The van der Waals surface area contributed by atoms with Crippen molar-refractivity contribution in [2.75, 3.05) is 11.3 Å². The SMILES string of the molecule is CCC1=S(C)C(=NC(=O)c2sccc2Cl)N(c2ccc(-c3ccccc3-c3nn[nH]n3)cc2)N1. The molecule has 2 aromatic heterocycles. The minimum Gasteiger partial charge on any atom is -0.266 e. The number of benzene rings is 2. The number of hydrogen-bond donors (Lipinski definition) is 2. The normalized spacial score (nSPS) is 17.0. The Morgan fingerprint density at radius 1 is 1.15 bits per heavy atom. The van der Waals surface area contributed by atoms with E-state index in [0.717, 1.165) is 33.8 Å². The predicted molar refractivity (Wildman–Crippen MR) is 141 cm³/mol. The number of thiophene rings is 1. The summed E-state index contributed by atoms with van der Waals surface area (Å²) in [5.74, 6) is 0.211. The van der Waals surface area contributed by atoms with E-state index >= 15 is 0 Å². The van der Waals surface area contributed by atoms with Gasteiger partial charge in [-0.2, -0.15) is 15.6 Å². The zero-order chi connectivity index (χ0) is 23.7. The number of nitrogens with zero attached hydrogens (tertiary/aromatic N) is 5. The first-order chi connectivity index (χ1) is 16.6. The Morgan fingerprint density at radius 2 is 1.91 bits per heavy atom. The van der Waals surface area contributed by atoms with Gasteiger partial charge < -0.3 is 0 Å². The van der Waals surface area contributed by atoms with Gasteiger partial charge in [0.2, 0.25) is 5.82 Å². The molecular weight excluding hydrogens is 490 g/mol. The van der Waals surface area contributed by atoms with Crippen LogP contribution >= 0.6 is 33.4 Å². The summed E-state index contributed by atoms with van der Waals surface area (Å²) < 4.78 is 0. The van der Waals surface area contributed by atoms with Crippen molar-refractivity contribution in [1.82, 2.24) is 26.0 Å². The van der Waals surface area contributed by atoms with Gasteiger partial charge in [-0.3, -0.25) is 4.79 Å². The predicted octanol–water partition coefficient (Wildman–Crippen LogP) is 5.21. The summed E-state index contributed by atoms with van der Waals surface area (Å²) in [5.41, 5.74) is 7.21. The summed E-state index contributed by atoms with van der Waals surface area (Å²) in [7, 11) is -0.338. The van der Waals surface area contributed by atoms with Gasteiger partial charge in [0.15, 0.2) is 5.17 Å². The zero-order valence-electron chi connectivity index (χ0n) is 18.3. The van der Waals surface area contributed by atoms with Gasteiger partial charge in [0.25, 0.3) is 5.91 Å². The average Bonchev–Trinajstić information content (AvgIpc) is 3.61. The zero-order valence-corrected chi connectivity index (χ0v) is 20.7. The lowest BCUT2D eigenvalue weighted by Crippen LogP contribution is -2.39. The van der Waals surface area contributed by atoms with E-state index in [1.807, 2.05) is 53.5 Å². The number of hydrogen-bond acceptors (Lipinski definition) is 6. The number of halogens is 1. The van der Waals surface area contributed by atoms with Crippen LogP contribution in [0.5, 0.6) is 0 Å². The minimum absolute atomic E-state index is 0.329. The molecule has 2 aromatic carbocycles. The molecule has 0 saturated heterocycles. The van der Waals surface area contributed by atoms with Gasteiger partial charge in [-0.25, -0.2) is 5.01 Å². The molecule has 1 amide bonds. The molecule has 1 unspecified atom stereocenters. The molecule has 34 heavy (non-hydrogen) atoms. The van der Waals surface area contributed by atoms with Crippen LogP contribution in [0.25, 0.3) is 22.5 Å². The fourth-order valence-corrected chi connectivity index (χ4v) is 6.20. The Bertz CT molecular complexity index is 1410. The number of anilines is 1. The monoisotopic (exact) mass is 509 g/mol. The number of amides is 1. The number of aromatic nitrogens is 4. The Labute approximate surface area is 207 Å². The van der Waals surface area contributed by atoms with E-state index in [2.05, 4.69) is 44.2 Å². The molecule has 0 saturated carbocycles. The third-order valence-electron chi connectivity index (χ3n) is 5.35. The smallest absolute Gasteiger partial charge is 0.266 e. The number of rotatable bonds is 5. The Morgan fingerprint density at radius 3 is 2.56 bits per heavy atom. The van der Waals surface area contributed by atoms with Gasteiger partial charge in [0, 0.05) is 10.6 Å². The van der Waals surface area contributed by atoms with Crippen molar-refractivity contribution < 1.29 is 4.79 Å². The molecule has 0 bridgehead atoms. The van der Waals surface area contributed by atoms with E-state index in [-0.39, 0.29) is 16.4 Å². The maximum Gasteiger partial charge on any atom is 0.291 e. The second-order valence-electron chi connectivity index (χ2n) is 7.36. The van der Waals surface area contributed by atoms with Crippen LogP contribution in [0.15, 0.2) is 65.0 Å². The number of aromatic amines is 1. The van der Waals surface area contributed by atoms with Crippen LogP contribution in [0.2, 0.25) is 5.02 Å². The number of H-pyrrole nitrogens is 1. The number of aliphatic imine (C=N–C) groups is 1. The van der Waals surface area contributed by atoms with Crippen molar-refractivity contribution in [3.63, 3.8) is 0 Å². The quantitative estimate of drug-likeness (QED) is 0.358. The molecule has 0 radical (unpaired) electrons. The van der Waals surface area contributed by atoms with Crippen molar-refractivity contribution >= 4 is 55.2 Å². The van der Waals surface area contributed by atoms with E-state index in [0.29, 0.717) is 20.9 Å². The number of carbonyl (C=O) groups is 1. The van der Waals surface area contributed by atoms with Crippen molar-refractivity contribution in [3.8, 4) is 22.5 Å². The molecule has 1 aliphatic rings. The summed E-state index contributed by atoms with van der Waals surface area (Å²) in [4.78, 5) is 18.9. The lowest BCUT2D eigenvalue weighted by Gasteiger charge is -2.20. The van der Waals surface area contributed by atoms with Gasteiger partial charge in [-0.15, -0.1) is 32.0 Å². The van der Waals surface area contributed by atoms with Crippen LogP contribution in [0.3, 0.4) is 0 Å². The highest BCUT2D eigenvalue weighted by atomic mass is 35.5. The third-order valence-corrected chi connectivity index (χ3v) is 8.62. The fourth-order valence-electron chi connectivity index (χ4n) is 3.66. The largest absolute Gasteiger partial charge is 0.291 e. The average molecular weight is 510 g/mol. The summed E-state index contributed by atoms with van der Waals surface area (Å²) in [5, 5.41) is 19.2. The first kappa shape index (κ1) is 22.6. The second-order valence-corrected chi connectivity index (χ2v) is 10.6. The van der Waals surface area contributed by atoms with Gasteiger partial charge in [0.05, 0.1) is 10.7 Å². The summed E-state index contributed by atoms with van der Waals surface area (Å²) in [6, 6.07) is 17.7. The summed E-state index contributed by atoms with van der Waals surface area (Å²) in [6.45, 7) is 2.09. The van der Waals surface area contributed by atoms with Crippen molar-refractivity contribution in [3.05, 3.63) is 69.9 Å². The highest BCUT2D eigenvalue weighted by Crippen LogP contribution is 2.33. The van der Waals surface area contributed by atoms with Gasteiger partial charge in [-0.05, 0) is 52.6 Å². The van der Waals surface area contributed by atoms with Crippen molar-refractivity contribution in [2.24, 2.45) is 4.99 Å². The van der Waals surface area contributed by atoms with Gasteiger partial charge >= 0.3 is 0 Å². The minimum atomic E-state index is -0.338. The summed E-state index contributed by atoms with van der Waals surface area (Å²) in [6.07, 6.45) is 2.91. The first-order valence-electron chi connectivity index (χ1n) is 10.4. The maximum absolute atomic E-state index is 12.8. The van der Waals surface area contributed by atoms with E-state index in [9.17, 15) is 4.79 Å². The first-order valence-corrected chi connectivity index (χ1v) is 13.3. The highest BCUT2D eigenvalue weighted by Gasteiger charge is 2.27. The van der Waals surface area contributed by atoms with Crippen LogP contribution in [0.4, 0.5) is 5.69 Å². The van der Waals surface area contributed by atoms with E-state index in [4.69, 9.17) is 11.6 Å². The van der Waals surface area contributed by atoms with Gasteiger partial charge in [-0.1, -0.05) is 54.9 Å². The third kappa shape index (κ3) is 4.21. The standard InChI is InChI=1S/C23H20ClN7OS2/c1-3-19-28-31(23(34(19)2)25-22(32)20-18(24)12-13-33-20)15-10-8-14(9-11-15)16-6-4-5-7-17(16)21-26-29-30-27-21/h4-13,28H,3H2,1-2H3,(H,26,27,29,30). The molecule has 172 valence electrons. The fraction of sp³-hybridized carbons (Fsp3) is 0.130. The molecule has 0 aliphatic carbocycles. The molecule has 1 aliphatic heterocycles. The number of hydrazine groups is 1. The molecule has 3 heterocycles. The highest BCUT2D eigenvalue weighted by molar-refractivity contribution is 8.28. The topological polar surface area (TPSA) is 99.2 Å². The van der Waals surface area contributed by atoms with Crippen LogP contribution < -0.4 is 10.4 Å². The lowest BCUT2D eigenvalue weighted by atomic mass is 9.99. The molecule has 0 spiro atoms. The number of amidine groups is 1.